The lowest BCUT2D eigenvalue weighted by Gasteiger charge is -2.08. The van der Waals surface area contributed by atoms with Crippen LogP contribution >= 0.6 is 11.6 Å². The van der Waals surface area contributed by atoms with Gasteiger partial charge in [0.15, 0.2) is 0 Å². The van der Waals surface area contributed by atoms with Crippen LogP contribution in [0.5, 0.6) is 0 Å². The maximum absolute atomic E-state index is 10.9. The molecule has 0 unspecified atom stereocenters. The highest BCUT2D eigenvalue weighted by atomic mass is 35.5. The van der Waals surface area contributed by atoms with E-state index in [1.165, 1.54) is 12.1 Å². The molecule has 0 spiro atoms. The van der Waals surface area contributed by atoms with Crippen LogP contribution in [-0.2, 0) is 6.54 Å². The molecule has 0 fully saturated rings. The second-order valence-electron chi connectivity index (χ2n) is 4.80. The number of pyridine rings is 1. The van der Waals surface area contributed by atoms with Gasteiger partial charge in [0.25, 0.3) is 0 Å². The van der Waals surface area contributed by atoms with Crippen molar-refractivity contribution < 1.29 is 9.90 Å². The minimum absolute atomic E-state index is 0.121. The summed E-state index contributed by atoms with van der Waals surface area (Å²) in [5, 5.41) is 16.6. The average Bonchev–Trinajstić information content (AvgIpc) is 2.72. The zero-order valence-electron chi connectivity index (χ0n) is 11.9. The van der Waals surface area contributed by atoms with Gasteiger partial charge in [-0.25, -0.2) is 9.78 Å². The zero-order valence-corrected chi connectivity index (χ0v) is 12.7. The van der Waals surface area contributed by atoms with Crippen molar-refractivity contribution >= 4 is 23.4 Å². The van der Waals surface area contributed by atoms with Crippen molar-refractivity contribution in [2.75, 3.05) is 11.9 Å². The van der Waals surface area contributed by atoms with Crippen molar-refractivity contribution in [3.63, 3.8) is 0 Å². The van der Waals surface area contributed by atoms with Gasteiger partial charge in [-0.15, -0.1) is 0 Å². The fourth-order valence-electron chi connectivity index (χ4n) is 2.06. The molecule has 2 aromatic heterocycles. The first kappa shape index (κ1) is 15.3. The summed E-state index contributed by atoms with van der Waals surface area (Å²) < 4.78 is 1.95. The minimum atomic E-state index is -1.02. The van der Waals surface area contributed by atoms with E-state index in [4.69, 9.17) is 16.7 Å². The fraction of sp³-hybridized carbons (Fsp3) is 0.357. The summed E-state index contributed by atoms with van der Waals surface area (Å²) in [6.07, 6.45) is 0.846. The third kappa shape index (κ3) is 4.19. The van der Waals surface area contributed by atoms with Crippen LogP contribution in [0, 0.1) is 13.8 Å². The topological polar surface area (TPSA) is 80.0 Å². The van der Waals surface area contributed by atoms with Gasteiger partial charge in [0.1, 0.15) is 11.0 Å². The first-order valence-electron chi connectivity index (χ1n) is 6.61. The Morgan fingerprint density at radius 3 is 2.76 bits per heavy atom. The van der Waals surface area contributed by atoms with E-state index >= 15 is 0 Å². The first-order valence-corrected chi connectivity index (χ1v) is 6.99. The number of carboxylic acid groups (broad SMARTS) is 1. The lowest BCUT2D eigenvalue weighted by Crippen LogP contribution is -2.10. The smallest absolute Gasteiger partial charge is 0.335 e. The van der Waals surface area contributed by atoms with E-state index in [1.54, 1.807) is 0 Å². The number of rotatable bonds is 6. The number of halogens is 1. The molecule has 0 amide bonds. The van der Waals surface area contributed by atoms with Crippen molar-refractivity contribution in [1.29, 1.82) is 0 Å². The molecule has 2 aromatic rings. The molecular formula is C14H17ClN4O2. The number of anilines is 1. The number of aromatic nitrogens is 3. The minimum Gasteiger partial charge on any atom is -0.478 e. The number of nitrogens with zero attached hydrogens (tertiary/aromatic N) is 3. The van der Waals surface area contributed by atoms with Crippen molar-refractivity contribution in [1.82, 2.24) is 14.8 Å². The Balaban J connectivity index is 1.89. The molecular weight excluding hydrogens is 292 g/mol. The lowest BCUT2D eigenvalue weighted by molar-refractivity contribution is 0.0697. The molecule has 6 nitrogen and oxygen atoms in total. The van der Waals surface area contributed by atoms with Gasteiger partial charge in [-0.1, -0.05) is 11.6 Å². The molecule has 0 aliphatic rings. The summed E-state index contributed by atoms with van der Waals surface area (Å²) in [6.45, 7) is 5.43. The molecule has 0 saturated heterocycles. The highest BCUT2D eigenvalue weighted by Gasteiger charge is 2.07. The van der Waals surface area contributed by atoms with E-state index in [0.717, 1.165) is 24.4 Å². The van der Waals surface area contributed by atoms with Crippen molar-refractivity contribution in [3.05, 3.63) is 40.3 Å². The fourth-order valence-corrected chi connectivity index (χ4v) is 2.27. The Morgan fingerprint density at radius 1 is 1.38 bits per heavy atom. The molecule has 2 rings (SSSR count). The summed E-state index contributed by atoms with van der Waals surface area (Å²) in [6, 6.07) is 4.83. The normalized spacial score (nSPS) is 10.6. The molecule has 0 aliphatic heterocycles. The Kier molecular flexibility index (Phi) is 4.80. The van der Waals surface area contributed by atoms with Gasteiger partial charge in [-0.05, 0) is 38.5 Å². The van der Waals surface area contributed by atoms with E-state index < -0.39 is 5.97 Å². The molecule has 0 radical (unpaired) electrons. The molecule has 0 saturated carbocycles. The van der Waals surface area contributed by atoms with Gasteiger partial charge < -0.3 is 10.4 Å². The van der Waals surface area contributed by atoms with E-state index in [0.29, 0.717) is 12.4 Å². The Morgan fingerprint density at radius 2 is 2.14 bits per heavy atom. The summed E-state index contributed by atoms with van der Waals surface area (Å²) in [5.74, 6) is -0.557. The van der Waals surface area contributed by atoms with Crippen LogP contribution in [0.4, 0.5) is 5.82 Å². The van der Waals surface area contributed by atoms with E-state index in [9.17, 15) is 4.79 Å². The van der Waals surface area contributed by atoms with Crippen molar-refractivity contribution in [3.8, 4) is 0 Å². The van der Waals surface area contributed by atoms with Crippen molar-refractivity contribution in [2.24, 2.45) is 0 Å². The number of nitrogens with one attached hydrogen (secondary N) is 1. The van der Waals surface area contributed by atoms with Gasteiger partial charge in [-0.2, -0.15) is 5.10 Å². The maximum Gasteiger partial charge on any atom is 0.335 e. The summed E-state index contributed by atoms with van der Waals surface area (Å²) in [5.41, 5.74) is 2.25. The highest BCUT2D eigenvalue weighted by Crippen LogP contribution is 2.14. The van der Waals surface area contributed by atoms with E-state index in [-0.39, 0.29) is 10.7 Å². The SMILES string of the molecule is Cc1cc(C)n(CCCNc2cc(C(=O)O)cc(Cl)n2)n1. The lowest BCUT2D eigenvalue weighted by atomic mass is 10.2. The molecule has 0 aliphatic carbocycles. The second-order valence-corrected chi connectivity index (χ2v) is 5.19. The van der Waals surface area contributed by atoms with Crippen LogP contribution in [0.1, 0.15) is 28.2 Å². The quantitative estimate of drug-likeness (QED) is 0.633. The number of aromatic carboxylic acids is 1. The molecule has 7 heteroatoms. The Hall–Kier alpha value is -2.08. The van der Waals surface area contributed by atoms with Crippen LogP contribution in [0.15, 0.2) is 18.2 Å². The molecule has 0 atom stereocenters. The van der Waals surface area contributed by atoms with E-state index in [2.05, 4.69) is 15.4 Å². The standard InChI is InChI=1S/C14H17ClN4O2/c1-9-6-10(2)19(18-9)5-3-4-16-13-8-11(14(20)21)7-12(15)17-13/h6-8H,3-5H2,1-2H3,(H,16,17)(H,20,21). The van der Waals surface area contributed by atoms with E-state index in [1.807, 2.05) is 24.6 Å². The number of carboxylic acids is 1. The average molecular weight is 309 g/mol. The van der Waals surface area contributed by atoms with Crippen LogP contribution in [0.2, 0.25) is 5.15 Å². The number of hydrogen-bond donors (Lipinski definition) is 2. The molecule has 0 bridgehead atoms. The monoisotopic (exact) mass is 308 g/mol. The largest absolute Gasteiger partial charge is 0.478 e. The third-order valence-electron chi connectivity index (χ3n) is 3.00. The molecule has 112 valence electrons. The molecule has 21 heavy (non-hydrogen) atoms. The van der Waals surface area contributed by atoms with Crippen molar-refractivity contribution in [2.45, 2.75) is 26.8 Å². The van der Waals surface area contributed by atoms with Crippen LogP contribution < -0.4 is 5.32 Å². The van der Waals surface area contributed by atoms with Gasteiger partial charge in [0, 0.05) is 18.8 Å². The Labute approximate surface area is 127 Å². The number of carbonyl (C=O) groups is 1. The second kappa shape index (κ2) is 6.58. The van der Waals surface area contributed by atoms with Crippen LogP contribution in [0.3, 0.4) is 0 Å². The maximum atomic E-state index is 10.9. The van der Waals surface area contributed by atoms with Gasteiger partial charge >= 0.3 is 5.97 Å². The van der Waals surface area contributed by atoms with Gasteiger partial charge in [-0.3, -0.25) is 4.68 Å². The number of aryl methyl sites for hydroxylation is 3. The summed E-state index contributed by atoms with van der Waals surface area (Å²) >= 11 is 5.80. The molecule has 2 heterocycles. The zero-order chi connectivity index (χ0) is 15.4. The molecule has 2 N–H and O–H groups in total. The predicted molar refractivity (Wildman–Crippen MR) is 81.0 cm³/mol. The summed E-state index contributed by atoms with van der Waals surface area (Å²) in [4.78, 5) is 15.0. The first-order chi connectivity index (χ1) is 9.95. The van der Waals surface area contributed by atoms with Crippen LogP contribution in [-0.4, -0.2) is 32.4 Å². The van der Waals surface area contributed by atoms with Crippen LogP contribution in [0.25, 0.3) is 0 Å². The van der Waals surface area contributed by atoms with Gasteiger partial charge in [0.05, 0.1) is 11.3 Å². The predicted octanol–water partition coefficient (Wildman–Crippen LogP) is 2.75. The summed E-state index contributed by atoms with van der Waals surface area (Å²) in [7, 11) is 0. The third-order valence-corrected chi connectivity index (χ3v) is 3.19. The highest BCUT2D eigenvalue weighted by molar-refractivity contribution is 6.29. The van der Waals surface area contributed by atoms with Gasteiger partial charge in [0.2, 0.25) is 0 Å². The number of hydrogen-bond acceptors (Lipinski definition) is 4. The molecule has 0 aromatic carbocycles. The Bertz CT molecular complexity index is 654.